The van der Waals surface area contributed by atoms with E-state index in [1.54, 1.807) is 18.3 Å². The molecule has 0 radical (unpaired) electrons. The topological polar surface area (TPSA) is 68.0 Å². The van der Waals surface area contributed by atoms with Gasteiger partial charge < -0.3 is 9.73 Å². The molecule has 1 amide bonds. The molecule has 3 rings (SSSR count). The molecule has 116 valence electrons. The van der Waals surface area contributed by atoms with Crippen LogP contribution in [0.3, 0.4) is 0 Å². The highest BCUT2D eigenvalue weighted by Gasteiger charge is 2.09. The van der Waals surface area contributed by atoms with E-state index in [4.69, 9.17) is 16.0 Å². The van der Waals surface area contributed by atoms with E-state index in [1.807, 2.05) is 31.2 Å². The van der Waals surface area contributed by atoms with Gasteiger partial charge in [0.05, 0.1) is 18.4 Å². The van der Waals surface area contributed by atoms with E-state index in [0.717, 1.165) is 17.0 Å². The molecule has 0 atom stereocenters. The minimum atomic E-state index is -0.290. The number of carbonyl (C=O) groups is 1. The van der Waals surface area contributed by atoms with E-state index in [9.17, 15) is 4.79 Å². The van der Waals surface area contributed by atoms with Crippen molar-refractivity contribution in [1.29, 1.82) is 0 Å². The minimum Gasteiger partial charge on any atom is -0.459 e. The Labute approximate surface area is 138 Å². The molecule has 0 aliphatic heterocycles. The standard InChI is InChI=1S/C17H14ClN3O2/c1-11-8-20-15(10-19-11)17(22)21-9-14-6-7-16(23-14)12-2-4-13(18)5-3-12/h2-8,10H,9H2,1H3,(H,21,22). The zero-order chi connectivity index (χ0) is 16.2. The van der Waals surface area contributed by atoms with Crippen molar-refractivity contribution in [3.63, 3.8) is 0 Å². The molecule has 1 aromatic carbocycles. The number of rotatable bonds is 4. The fourth-order valence-electron chi connectivity index (χ4n) is 2.01. The Balaban J connectivity index is 1.64. The highest BCUT2D eigenvalue weighted by atomic mass is 35.5. The summed E-state index contributed by atoms with van der Waals surface area (Å²) < 4.78 is 5.72. The number of amides is 1. The van der Waals surface area contributed by atoms with Crippen LogP contribution >= 0.6 is 11.6 Å². The number of benzene rings is 1. The normalized spacial score (nSPS) is 10.5. The third-order valence-electron chi connectivity index (χ3n) is 3.23. The van der Waals surface area contributed by atoms with Gasteiger partial charge >= 0.3 is 0 Å². The first kappa shape index (κ1) is 15.2. The van der Waals surface area contributed by atoms with Crippen molar-refractivity contribution in [3.8, 4) is 11.3 Å². The SMILES string of the molecule is Cc1cnc(C(=O)NCc2ccc(-c3ccc(Cl)cc3)o2)cn1. The van der Waals surface area contributed by atoms with E-state index in [0.29, 0.717) is 10.8 Å². The van der Waals surface area contributed by atoms with Gasteiger partial charge in [0.15, 0.2) is 0 Å². The van der Waals surface area contributed by atoms with E-state index in [2.05, 4.69) is 15.3 Å². The van der Waals surface area contributed by atoms with E-state index >= 15 is 0 Å². The largest absolute Gasteiger partial charge is 0.459 e. The second-order valence-electron chi connectivity index (χ2n) is 5.00. The van der Waals surface area contributed by atoms with Crippen LogP contribution in [-0.4, -0.2) is 15.9 Å². The van der Waals surface area contributed by atoms with Crippen molar-refractivity contribution >= 4 is 17.5 Å². The van der Waals surface area contributed by atoms with Gasteiger partial charge in [0.2, 0.25) is 0 Å². The number of halogens is 1. The van der Waals surface area contributed by atoms with Gasteiger partial charge in [0.25, 0.3) is 5.91 Å². The zero-order valence-corrected chi connectivity index (χ0v) is 13.2. The molecular weight excluding hydrogens is 314 g/mol. The Bertz CT molecular complexity index is 811. The first-order chi connectivity index (χ1) is 11.1. The van der Waals surface area contributed by atoms with Crippen molar-refractivity contribution in [3.05, 3.63) is 71.0 Å². The molecule has 0 spiro atoms. The Morgan fingerprint density at radius 1 is 1.13 bits per heavy atom. The molecule has 0 aliphatic rings. The molecule has 1 N–H and O–H groups in total. The molecule has 0 bridgehead atoms. The van der Waals surface area contributed by atoms with Gasteiger partial charge in [-0.3, -0.25) is 9.78 Å². The highest BCUT2D eigenvalue weighted by molar-refractivity contribution is 6.30. The number of carbonyl (C=O) groups excluding carboxylic acids is 1. The van der Waals surface area contributed by atoms with Crippen LogP contribution in [0.4, 0.5) is 0 Å². The lowest BCUT2D eigenvalue weighted by Crippen LogP contribution is -2.23. The van der Waals surface area contributed by atoms with Crippen LogP contribution in [-0.2, 0) is 6.54 Å². The van der Waals surface area contributed by atoms with Gasteiger partial charge in [-0.2, -0.15) is 0 Å². The quantitative estimate of drug-likeness (QED) is 0.794. The smallest absolute Gasteiger partial charge is 0.271 e. The Hall–Kier alpha value is -2.66. The van der Waals surface area contributed by atoms with Crippen molar-refractivity contribution in [2.75, 3.05) is 0 Å². The van der Waals surface area contributed by atoms with Gasteiger partial charge in [-0.1, -0.05) is 11.6 Å². The summed E-state index contributed by atoms with van der Waals surface area (Å²) in [5.74, 6) is 1.09. The number of aromatic nitrogens is 2. The number of hydrogen-bond acceptors (Lipinski definition) is 4. The lowest BCUT2D eigenvalue weighted by atomic mass is 10.2. The molecule has 5 nitrogen and oxygen atoms in total. The summed E-state index contributed by atoms with van der Waals surface area (Å²) in [6.45, 7) is 2.10. The summed E-state index contributed by atoms with van der Waals surface area (Å²) in [5.41, 5.74) is 1.97. The highest BCUT2D eigenvalue weighted by Crippen LogP contribution is 2.23. The first-order valence-corrected chi connectivity index (χ1v) is 7.41. The summed E-state index contributed by atoms with van der Waals surface area (Å²) in [6.07, 6.45) is 3.01. The third kappa shape index (κ3) is 3.76. The maximum atomic E-state index is 12.0. The number of nitrogens with one attached hydrogen (secondary N) is 1. The number of aryl methyl sites for hydroxylation is 1. The maximum Gasteiger partial charge on any atom is 0.271 e. The maximum absolute atomic E-state index is 12.0. The minimum absolute atomic E-state index is 0.278. The van der Waals surface area contributed by atoms with Crippen molar-refractivity contribution in [2.45, 2.75) is 13.5 Å². The molecule has 0 saturated heterocycles. The summed E-state index contributed by atoms with van der Waals surface area (Å²) in [5, 5.41) is 3.43. The zero-order valence-electron chi connectivity index (χ0n) is 12.4. The second kappa shape index (κ2) is 6.62. The van der Waals surface area contributed by atoms with Crippen LogP contribution in [0, 0.1) is 6.92 Å². The molecule has 2 heterocycles. The average Bonchev–Trinajstić information content (AvgIpc) is 3.03. The molecular formula is C17H14ClN3O2. The number of nitrogens with zero attached hydrogens (tertiary/aromatic N) is 2. The van der Waals surface area contributed by atoms with E-state index in [1.165, 1.54) is 6.20 Å². The number of furan rings is 1. The predicted molar refractivity (Wildman–Crippen MR) is 87.1 cm³/mol. The van der Waals surface area contributed by atoms with Crippen LogP contribution in [0.1, 0.15) is 21.9 Å². The fourth-order valence-corrected chi connectivity index (χ4v) is 2.14. The van der Waals surface area contributed by atoms with Crippen LogP contribution in [0.2, 0.25) is 5.02 Å². The molecule has 23 heavy (non-hydrogen) atoms. The van der Waals surface area contributed by atoms with E-state index in [-0.39, 0.29) is 18.1 Å². The fraction of sp³-hybridized carbons (Fsp3) is 0.118. The van der Waals surface area contributed by atoms with Crippen LogP contribution in [0.15, 0.2) is 53.2 Å². The predicted octanol–water partition coefficient (Wildman–Crippen LogP) is 3.63. The van der Waals surface area contributed by atoms with Gasteiger partial charge in [-0.05, 0) is 43.3 Å². The first-order valence-electron chi connectivity index (χ1n) is 7.03. The number of hydrogen-bond donors (Lipinski definition) is 1. The van der Waals surface area contributed by atoms with E-state index < -0.39 is 0 Å². The molecule has 3 aromatic rings. The monoisotopic (exact) mass is 327 g/mol. The van der Waals surface area contributed by atoms with Gasteiger partial charge in [-0.15, -0.1) is 0 Å². The van der Waals surface area contributed by atoms with Gasteiger partial charge in [-0.25, -0.2) is 4.98 Å². The van der Waals surface area contributed by atoms with Crippen molar-refractivity contribution < 1.29 is 9.21 Å². The summed E-state index contributed by atoms with van der Waals surface area (Å²) in [4.78, 5) is 20.1. The molecule has 0 unspecified atom stereocenters. The summed E-state index contributed by atoms with van der Waals surface area (Å²) in [6, 6.07) is 11.0. The van der Waals surface area contributed by atoms with Gasteiger partial charge in [0.1, 0.15) is 17.2 Å². The summed E-state index contributed by atoms with van der Waals surface area (Å²) >= 11 is 5.87. The molecule has 6 heteroatoms. The van der Waals surface area contributed by atoms with Crippen LogP contribution in [0.25, 0.3) is 11.3 Å². The van der Waals surface area contributed by atoms with Crippen LogP contribution < -0.4 is 5.32 Å². The molecule has 2 aromatic heterocycles. The van der Waals surface area contributed by atoms with Crippen LogP contribution in [0.5, 0.6) is 0 Å². The van der Waals surface area contributed by atoms with Gasteiger partial charge in [0, 0.05) is 16.8 Å². The summed E-state index contributed by atoms with van der Waals surface area (Å²) in [7, 11) is 0. The van der Waals surface area contributed by atoms with Crippen molar-refractivity contribution in [1.82, 2.24) is 15.3 Å². The molecule has 0 fully saturated rings. The van der Waals surface area contributed by atoms with Crippen molar-refractivity contribution in [2.24, 2.45) is 0 Å². The third-order valence-corrected chi connectivity index (χ3v) is 3.48. The Morgan fingerprint density at radius 3 is 2.61 bits per heavy atom. The lowest BCUT2D eigenvalue weighted by molar-refractivity contribution is 0.0942. The lowest BCUT2D eigenvalue weighted by Gasteiger charge is -2.03. The Kier molecular flexibility index (Phi) is 4.39. The average molecular weight is 328 g/mol. The molecule has 0 aliphatic carbocycles. The Morgan fingerprint density at radius 2 is 1.91 bits per heavy atom. The second-order valence-corrected chi connectivity index (χ2v) is 5.43. The molecule has 0 saturated carbocycles.